The molecule has 8 nitrogen and oxygen atoms in total. The van der Waals surface area contributed by atoms with Gasteiger partial charge in [-0.05, 0) is 28.2 Å². The molecule has 2 aromatic carbocycles. The first-order valence-electron chi connectivity index (χ1n) is 11.0. The van der Waals surface area contributed by atoms with E-state index in [1.54, 1.807) is 13.8 Å². The summed E-state index contributed by atoms with van der Waals surface area (Å²) in [5, 5.41) is 12.9. The van der Waals surface area contributed by atoms with Crippen LogP contribution in [0.5, 0.6) is 0 Å². The second-order valence-corrected chi connectivity index (χ2v) is 8.72. The highest BCUT2D eigenvalue weighted by Gasteiger charge is 2.46. The minimum absolute atomic E-state index is 0.0783. The second-order valence-electron chi connectivity index (χ2n) is 8.72. The van der Waals surface area contributed by atoms with Gasteiger partial charge in [-0.2, -0.15) is 0 Å². The Morgan fingerprint density at radius 2 is 1.67 bits per heavy atom. The molecule has 0 bridgehead atoms. The minimum atomic E-state index is -1.19. The third kappa shape index (κ3) is 4.18. The van der Waals surface area contributed by atoms with Crippen molar-refractivity contribution >= 4 is 18.0 Å². The summed E-state index contributed by atoms with van der Waals surface area (Å²) in [6, 6.07) is 13.9. The zero-order chi connectivity index (χ0) is 23.7. The lowest BCUT2D eigenvalue weighted by Crippen LogP contribution is -2.50. The van der Waals surface area contributed by atoms with Crippen molar-refractivity contribution in [3.63, 3.8) is 0 Å². The number of fused-ring (bicyclic) bond motifs is 3. The van der Waals surface area contributed by atoms with Crippen LogP contribution in [0.2, 0.25) is 0 Å². The number of alkyl carbamates (subject to hydrolysis) is 1. The fraction of sp³-hybridized carbons (Fsp3) is 0.400. The van der Waals surface area contributed by atoms with Crippen LogP contribution in [0.15, 0.2) is 48.5 Å². The molecular weight excluding hydrogens is 424 g/mol. The number of hydrogen-bond donors (Lipinski definition) is 2. The van der Waals surface area contributed by atoms with Gasteiger partial charge in [0.1, 0.15) is 24.8 Å². The van der Waals surface area contributed by atoms with Crippen molar-refractivity contribution in [3.8, 4) is 11.1 Å². The van der Waals surface area contributed by atoms with E-state index in [2.05, 4.69) is 5.32 Å². The van der Waals surface area contributed by atoms with Crippen molar-refractivity contribution in [2.45, 2.75) is 38.0 Å². The lowest BCUT2D eigenvalue weighted by atomic mass is 9.98. The lowest BCUT2D eigenvalue weighted by molar-refractivity contribution is -0.153. The summed E-state index contributed by atoms with van der Waals surface area (Å²) in [6.45, 7) is 3.59. The molecule has 0 saturated carbocycles. The molecule has 1 fully saturated rings. The fourth-order valence-electron chi connectivity index (χ4n) is 4.80. The van der Waals surface area contributed by atoms with Gasteiger partial charge >= 0.3 is 12.1 Å². The maximum atomic E-state index is 12.9. The third-order valence-corrected chi connectivity index (χ3v) is 6.34. The van der Waals surface area contributed by atoms with E-state index in [9.17, 15) is 19.5 Å². The zero-order valence-corrected chi connectivity index (χ0v) is 18.9. The minimum Gasteiger partial charge on any atom is -0.467 e. The summed E-state index contributed by atoms with van der Waals surface area (Å²) in [5.74, 6) is -1.44. The Hall–Kier alpha value is -3.39. The first-order valence-corrected chi connectivity index (χ1v) is 11.0. The van der Waals surface area contributed by atoms with Gasteiger partial charge in [0, 0.05) is 5.92 Å². The van der Waals surface area contributed by atoms with Crippen LogP contribution in [0.1, 0.15) is 30.9 Å². The summed E-state index contributed by atoms with van der Waals surface area (Å²) >= 11 is 0. The number of carbonyl (C=O) groups is 3. The molecule has 1 saturated heterocycles. The number of β-amino-alcohol motifs (C(OH)–C–C–N with tert-alkyl or cyclic N) is 1. The van der Waals surface area contributed by atoms with Gasteiger partial charge in [-0.25, -0.2) is 9.59 Å². The molecule has 8 heteroatoms. The molecule has 0 spiro atoms. The number of carbonyl (C=O) groups excluding carboxylic acids is 3. The molecule has 2 N–H and O–H groups in total. The van der Waals surface area contributed by atoms with Crippen molar-refractivity contribution in [2.24, 2.45) is 5.92 Å². The molecule has 33 heavy (non-hydrogen) atoms. The Labute approximate surface area is 192 Å². The van der Waals surface area contributed by atoms with Crippen molar-refractivity contribution < 1.29 is 29.0 Å². The smallest absolute Gasteiger partial charge is 0.407 e. The Morgan fingerprint density at radius 1 is 1.09 bits per heavy atom. The van der Waals surface area contributed by atoms with E-state index < -0.39 is 36.2 Å². The van der Waals surface area contributed by atoms with Gasteiger partial charge in [0.2, 0.25) is 5.91 Å². The van der Waals surface area contributed by atoms with E-state index in [0.717, 1.165) is 22.3 Å². The van der Waals surface area contributed by atoms with Gasteiger partial charge in [-0.1, -0.05) is 62.4 Å². The van der Waals surface area contributed by atoms with Crippen LogP contribution in [0.3, 0.4) is 0 Å². The number of hydrogen-bond acceptors (Lipinski definition) is 6. The van der Waals surface area contributed by atoms with E-state index in [4.69, 9.17) is 9.47 Å². The number of esters is 1. The van der Waals surface area contributed by atoms with E-state index in [1.165, 1.54) is 12.0 Å². The van der Waals surface area contributed by atoms with Crippen LogP contribution in [-0.4, -0.2) is 66.4 Å². The van der Waals surface area contributed by atoms with Crippen molar-refractivity contribution in [2.75, 3.05) is 20.3 Å². The predicted molar refractivity (Wildman–Crippen MR) is 120 cm³/mol. The van der Waals surface area contributed by atoms with Gasteiger partial charge in [0.15, 0.2) is 0 Å². The summed E-state index contributed by atoms with van der Waals surface area (Å²) in [4.78, 5) is 38.9. The van der Waals surface area contributed by atoms with E-state index in [0.29, 0.717) is 0 Å². The Balaban J connectivity index is 1.43. The molecule has 3 unspecified atom stereocenters. The number of benzene rings is 2. The lowest BCUT2D eigenvalue weighted by Gasteiger charge is -2.28. The van der Waals surface area contributed by atoms with Crippen LogP contribution >= 0.6 is 0 Å². The molecule has 174 valence electrons. The van der Waals surface area contributed by atoms with Crippen LogP contribution in [0.25, 0.3) is 11.1 Å². The molecule has 2 aliphatic rings. The summed E-state index contributed by atoms with van der Waals surface area (Å²) in [5.41, 5.74) is 4.38. The molecule has 1 heterocycles. The number of nitrogens with one attached hydrogen (secondary N) is 1. The maximum Gasteiger partial charge on any atom is 0.407 e. The highest BCUT2D eigenvalue weighted by atomic mass is 16.5. The Morgan fingerprint density at radius 3 is 2.21 bits per heavy atom. The average molecular weight is 453 g/mol. The highest BCUT2D eigenvalue weighted by molar-refractivity contribution is 5.92. The Kier molecular flexibility index (Phi) is 6.37. The van der Waals surface area contributed by atoms with Gasteiger partial charge < -0.3 is 24.8 Å². The number of aliphatic hydroxyl groups excluding tert-OH is 1. The van der Waals surface area contributed by atoms with E-state index in [-0.39, 0.29) is 25.0 Å². The van der Waals surface area contributed by atoms with Gasteiger partial charge in [0.05, 0.1) is 13.7 Å². The first kappa shape index (κ1) is 22.8. The summed E-state index contributed by atoms with van der Waals surface area (Å²) in [7, 11) is 1.25. The number of likely N-dealkylation sites (tertiary alicyclic amines) is 1. The van der Waals surface area contributed by atoms with E-state index >= 15 is 0 Å². The molecular formula is C25H28N2O6. The topological polar surface area (TPSA) is 105 Å². The largest absolute Gasteiger partial charge is 0.467 e. The SMILES string of the molecule is COC(=O)C(C(C)C)N1CC(O)C(NC(=O)OCC2c3ccccc3-c3ccccc32)C1=O. The summed E-state index contributed by atoms with van der Waals surface area (Å²) in [6.07, 6.45) is -1.96. The number of ether oxygens (including phenoxy) is 2. The van der Waals surface area contributed by atoms with Crippen LogP contribution in [0, 0.1) is 5.92 Å². The number of amides is 2. The van der Waals surface area contributed by atoms with Crippen molar-refractivity contribution in [1.29, 1.82) is 0 Å². The highest BCUT2D eigenvalue weighted by Crippen LogP contribution is 2.44. The molecule has 0 aromatic heterocycles. The number of nitrogens with zero attached hydrogens (tertiary/aromatic N) is 1. The Bertz CT molecular complexity index is 1020. The second kappa shape index (κ2) is 9.23. The number of rotatable bonds is 6. The van der Waals surface area contributed by atoms with Gasteiger partial charge in [0.25, 0.3) is 0 Å². The maximum absolute atomic E-state index is 12.9. The van der Waals surface area contributed by atoms with E-state index in [1.807, 2.05) is 48.5 Å². The molecule has 4 rings (SSSR count). The van der Waals surface area contributed by atoms with Crippen LogP contribution < -0.4 is 5.32 Å². The molecule has 2 aromatic rings. The standard InChI is InChI=1S/C25H28N2O6/c1-14(2)22(24(30)32-3)27-12-20(28)21(23(27)29)26-25(31)33-13-19-17-10-6-4-8-15(17)16-9-5-7-11-18(16)19/h4-11,14,19-22,28H,12-13H2,1-3H3,(H,26,31). The molecule has 3 atom stereocenters. The number of methoxy groups -OCH3 is 1. The molecule has 1 aliphatic heterocycles. The van der Waals surface area contributed by atoms with Crippen LogP contribution in [0.4, 0.5) is 4.79 Å². The van der Waals surface area contributed by atoms with Crippen molar-refractivity contribution in [1.82, 2.24) is 10.2 Å². The molecule has 1 aliphatic carbocycles. The average Bonchev–Trinajstić information content (AvgIpc) is 3.27. The third-order valence-electron chi connectivity index (χ3n) is 6.34. The quantitative estimate of drug-likeness (QED) is 0.652. The predicted octanol–water partition coefficient (Wildman–Crippen LogP) is 2.29. The zero-order valence-electron chi connectivity index (χ0n) is 18.9. The monoisotopic (exact) mass is 452 g/mol. The number of aliphatic hydroxyl groups is 1. The van der Waals surface area contributed by atoms with Gasteiger partial charge in [-0.15, -0.1) is 0 Å². The normalized spacial score (nSPS) is 20.4. The molecule has 0 radical (unpaired) electrons. The first-order chi connectivity index (χ1) is 15.8. The fourth-order valence-corrected chi connectivity index (χ4v) is 4.80. The summed E-state index contributed by atoms with van der Waals surface area (Å²) < 4.78 is 10.3. The molecule has 2 amide bonds. The van der Waals surface area contributed by atoms with Crippen molar-refractivity contribution in [3.05, 3.63) is 59.7 Å². The van der Waals surface area contributed by atoms with Crippen LogP contribution in [-0.2, 0) is 19.1 Å². The van der Waals surface area contributed by atoms with Gasteiger partial charge in [-0.3, -0.25) is 4.79 Å².